The Morgan fingerprint density at radius 1 is 0.581 bits per heavy atom. The standard InChI is InChI=1S/C18H18O4.C17H16O4/c1-12-4-7-16(19)15(10-12)17(20)8-5-13-11-14(21-2)6-9-18(13)22-3;1-20-13-8-10-16(19)14(11-13)15(18)9-7-12-5-3-4-6-17(12)21-2/h4-11,19H,1-3H3;3-11,19H,1-2H3/b8-5+;9-7+. The third-order valence-electron chi connectivity index (χ3n) is 6.29. The lowest BCUT2D eigenvalue weighted by Crippen LogP contribution is -1.96. The molecule has 0 aliphatic rings. The highest BCUT2D eigenvalue weighted by molar-refractivity contribution is 6.09. The van der Waals surface area contributed by atoms with Crippen LogP contribution in [0, 0.1) is 6.92 Å². The molecule has 0 saturated heterocycles. The van der Waals surface area contributed by atoms with Crippen molar-refractivity contribution in [3.05, 3.63) is 119 Å². The van der Waals surface area contributed by atoms with Crippen molar-refractivity contribution < 1.29 is 38.7 Å². The Kier molecular flexibility index (Phi) is 11.5. The average Bonchev–Trinajstić information content (AvgIpc) is 3.04. The number of phenols is 2. The fourth-order valence-corrected chi connectivity index (χ4v) is 3.97. The van der Waals surface area contributed by atoms with Gasteiger partial charge in [0.2, 0.25) is 0 Å². The van der Waals surface area contributed by atoms with E-state index in [1.165, 1.54) is 37.5 Å². The number of hydrogen-bond donors (Lipinski definition) is 2. The number of rotatable bonds is 10. The van der Waals surface area contributed by atoms with E-state index >= 15 is 0 Å². The number of carbonyl (C=O) groups is 2. The van der Waals surface area contributed by atoms with E-state index in [1.54, 1.807) is 69.9 Å². The van der Waals surface area contributed by atoms with Gasteiger partial charge in [-0.1, -0.05) is 29.8 Å². The highest BCUT2D eigenvalue weighted by Gasteiger charge is 2.11. The summed E-state index contributed by atoms with van der Waals surface area (Å²) in [6.07, 6.45) is 6.10. The fraction of sp³-hybridized carbons (Fsp3) is 0.143. The lowest BCUT2D eigenvalue weighted by molar-refractivity contribution is 0.103. The van der Waals surface area contributed by atoms with Gasteiger partial charge in [-0.2, -0.15) is 0 Å². The van der Waals surface area contributed by atoms with Crippen LogP contribution in [0.25, 0.3) is 12.2 Å². The number of aromatic hydroxyl groups is 2. The summed E-state index contributed by atoms with van der Waals surface area (Å²) in [4.78, 5) is 24.4. The van der Waals surface area contributed by atoms with E-state index in [9.17, 15) is 19.8 Å². The monoisotopic (exact) mass is 582 g/mol. The molecule has 4 aromatic rings. The highest BCUT2D eigenvalue weighted by Crippen LogP contribution is 2.27. The number of ketones is 2. The van der Waals surface area contributed by atoms with Crippen LogP contribution in [-0.2, 0) is 0 Å². The topological polar surface area (TPSA) is 112 Å². The molecular formula is C35H34O8. The van der Waals surface area contributed by atoms with Gasteiger partial charge in [-0.15, -0.1) is 0 Å². The van der Waals surface area contributed by atoms with Crippen molar-refractivity contribution in [3.8, 4) is 34.5 Å². The number of hydrogen-bond acceptors (Lipinski definition) is 8. The molecule has 0 aliphatic heterocycles. The minimum absolute atomic E-state index is 0.0298. The molecule has 0 saturated carbocycles. The summed E-state index contributed by atoms with van der Waals surface area (Å²) in [6.45, 7) is 1.87. The number of carbonyl (C=O) groups excluding carboxylic acids is 2. The molecule has 8 nitrogen and oxygen atoms in total. The SMILES string of the molecule is COc1ccc(O)c(C(=O)/C=C/c2ccccc2OC)c1.COc1ccc(OC)c(/C=C/C(=O)c2cc(C)ccc2O)c1. The van der Waals surface area contributed by atoms with Gasteiger partial charge < -0.3 is 29.2 Å². The summed E-state index contributed by atoms with van der Waals surface area (Å²) in [5.41, 5.74) is 2.89. The molecule has 0 fully saturated rings. The Bertz CT molecular complexity index is 1640. The van der Waals surface area contributed by atoms with Crippen LogP contribution in [0.2, 0.25) is 0 Å². The minimum Gasteiger partial charge on any atom is -0.507 e. The van der Waals surface area contributed by atoms with E-state index < -0.39 is 0 Å². The van der Waals surface area contributed by atoms with Crippen LogP contribution in [0.4, 0.5) is 0 Å². The Hall–Kier alpha value is -5.50. The lowest BCUT2D eigenvalue weighted by atomic mass is 10.0. The summed E-state index contributed by atoms with van der Waals surface area (Å²) in [5, 5.41) is 19.5. The number of methoxy groups -OCH3 is 4. The van der Waals surface area contributed by atoms with Crippen LogP contribution in [0.3, 0.4) is 0 Å². The predicted molar refractivity (Wildman–Crippen MR) is 167 cm³/mol. The highest BCUT2D eigenvalue weighted by atomic mass is 16.5. The Morgan fingerprint density at radius 3 is 1.72 bits per heavy atom. The third-order valence-corrected chi connectivity index (χ3v) is 6.29. The van der Waals surface area contributed by atoms with Gasteiger partial charge in [-0.3, -0.25) is 9.59 Å². The van der Waals surface area contributed by atoms with Gasteiger partial charge in [0.25, 0.3) is 0 Å². The van der Waals surface area contributed by atoms with Gasteiger partial charge in [0.05, 0.1) is 39.6 Å². The van der Waals surface area contributed by atoms with Crippen molar-refractivity contribution >= 4 is 23.7 Å². The van der Waals surface area contributed by atoms with Gasteiger partial charge in [0.1, 0.15) is 34.5 Å². The smallest absolute Gasteiger partial charge is 0.189 e. The quantitative estimate of drug-likeness (QED) is 0.153. The first kappa shape index (κ1) is 32.0. The fourth-order valence-electron chi connectivity index (χ4n) is 3.97. The van der Waals surface area contributed by atoms with Gasteiger partial charge in [-0.25, -0.2) is 0 Å². The molecule has 8 heteroatoms. The van der Waals surface area contributed by atoms with Crippen molar-refractivity contribution in [1.82, 2.24) is 0 Å². The molecule has 0 bridgehead atoms. The number of para-hydroxylation sites is 1. The van der Waals surface area contributed by atoms with Crippen molar-refractivity contribution in [2.45, 2.75) is 6.92 Å². The summed E-state index contributed by atoms with van der Waals surface area (Å²) < 4.78 is 20.7. The minimum atomic E-state index is -0.308. The first-order valence-electron chi connectivity index (χ1n) is 13.2. The zero-order valence-electron chi connectivity index (χ0n) is 24.7. The number of aryl methyl sites for hydroxylation is 1. The van der Waals surface area contributed by atoms with E-state index in [-0.39, 0.29) is 34.2 Å². The predicted octanol–water partition coefficient (Wildman–Crippen LogP) is 6.92. The zero-order valence-corrected chi connectivity index (χ0v) is 24.7. The Morgan fingerprint density at radius 2 is 1.09 bits per heavy atom. The van der Waals surface area contributed by atoms with E-state index in [0.717, 1.165) is 16.7 Å². The Labute approximate surface area is 251 Å². The van der Waals surface area contributed by atoms with Crippen LogP contribution >= 0.6 is 0 Å². The second-order valence-electron chi connectivity index (χ2n) is 9.15. The van der Waals surface area contributed by atoms with Gasteiger partial charge in [0, 0.05) is 11.1 Å². The maximum Gasteiger partial charge on any atom is 0.189 e. The number of phenolic OH excluding ortho intramolecular Hbond substituents is 2. The van der Waals surface area contributed by atoms with Crippen LogP contribution in [0.5, 0.6) is 34.5 Å². The summed E-state index contributed by atoms with van der Waals surface area (Å²) >= 11 is 0. The zero-order chi connectivity index (χ0) is 31.4. The average molecular weight is 583 g/mol. The molecule has 0 aromatic heterocycles. The number of allylic oxidation sites excluding steroid dienone is 2. The second kappa shape index (κ2) is 15.5. The van der Waals surface area contributed by atoms with Crippen molar-refractivity contribution in [2.24, 2.45) is 0 Å². The number of ether oxygens (including phenoxy) is 4. The van der Waals surface area contributed by atoms with Crippen LogP contribution in [0.1, 0.15) is 37.4 Å². The normalized spacial score (nSPS) is 10.6. The largest absolute Gasteiger partial charge is 0.507 e. The molecule has 0 aliphatic carbocycles. The molecule has 43 heavy (non-hydrogen) atoms. The van der Waals surface area contributed by atoms with Crippen molar-refractivity contribution in [1.29, 1.82) is 0 Å². The summed E-state index contributed by atoms with van der Waals surface area (Å²) in [6, 6.07) is 22.1. The maximum atomic E-state index is 12.2. The lowest BCUT2D eigenvalue weighted by Gasteiger charge is -2.07. The van der Waals surface area contributed by atoms with Crippen molar-refractivity contribution in [3.63, 3.8) is 0 Å². The van der Waals surface area contributed by atoms with Crippen LogP contribution in [0.15, 0.2) is 91.0 Å². The molecule has 0 spiro atoms. The summed E-state index contributed by atoms with van der Waals surface area (Å²) in [5.74, 6) is 1.81. The molecule has 0 unspecified atom stereocenters. The van der Waals surface area contributed by atoms with Gasteiger partial charge in [-0.05, 0) is 85.8 Å². The van der Waals surface area contributed by atoms with Crippen LogP contribution < -0.4 is 18.9 Å². The van der Waals surface area contributed by atoms with E-state index in [1.807, 2.05) is 31.2 Å². The molecular weight excluding hydrogens is 548 g/mol. The number of benzene rings is 4. The molecule has 2 N–H and O–H groups in total. The molecule has 4 aromatic carbocycles. The molecule has 0 atom stereocenters. The molecule has 4 rings (SSSR count). The molecule has 0 amide bonds. The molecule has 0 radical (unpaired) electrons. The molecule has 222 valence electrons. The van der Waals surface area contributed by atoms with Gasteiger partial charge in [0.15, 0.2) is 11.6 Å². The molecule has 0 heterocycles. The Balaban J connectivity index is 0.000000236. The first-order chi connectivity index (χ1) is 20.7. The first-order valence-corrected chi connectivity index (χ1v) is 13.2. The van der Waals surface area contributed by atoms with Crippen molar-refractivity contribution in [2.75, 3.05) is 28.4 Å². The second-order valence-corrected chi connectivity index (χ2v) is 9.15. The third kappa shape index (κ3) is 8.74. The van der Waals surface area contributed by atoms with E-state index in [0.29, 0.717) is 23.0 Å². The maximum absolute atomic E-state index is 12.2. The van der Waals surface area contributed by atoms with E-state index in [2.05, 4.69) is 0 Å². The van der Waals surface area contributed by atoms with Gasteiger partial charge >= 0.3 is 0 Å². The van der Waals surface area contributed by atoms with E-state index in [4.69, 9.17) is 18.9 Å². The van der Waals surface area contributed by atoms with Crippen LogP contribution in [-0.4, -0.2) is 50.2 Å². The summed E-state index contributed by atoms with van der Waals surface area (Å²) in [7, 11) is 6.21.